The van der Waals surface area contributed by atoms with Gasteiger partial charge in [0.2, 0.25) is 0 Å². The van der Waals surface area contributed by atoms with Crippen LogP contribution in [0, 0.1) is 0 Å². The molecule has 134 valence electrons. The summed E-state index contributed by atoms with van der Waals surface area (Å²) >= 11 is 1.61. The molecule has 0 bridgehead atoms. The van der Waals surface area contributed by atoms with E-state index >= 15 is 0 Å². The molecule has 1 saturated heterocycles. The molecule has 6 heteroatoms. The van der Waals surface area contributed by atoms with E-state index in [1.807, 2.05) is 42.5 Å². The lowest BCUT2D eigenvalue weighted by Gasteiger charge is -2.31. The van der Waals surface area contributed by atoms with Crippen molar-refractivity contribution >= 4 is 17.2 Å². The third-order valence-corrected chi connectivity index (χ3v) is 5.53. The average Bonchev–Trinajstić information content (AvgIpc) is 3.36. The monoisotopic (exact) mass is 367 g/mol. The maximum atomic E-state index is 12.3. The second kappa shape index (κ2) is 7.85. The van der Waals surface area contributed by atoms with Crippen LogP contribution in [0.5, 0.6) is 0 Å². The highest BCUT2D eigenvalue weighted by Gasteiger charge is 2.22. The van der Waals surface area contributed by atoms with Gasteiger partial charge < -0.3 is 9.73 Å². The number of carbonyl (C=O) groups excluding carboxylic acids is 1. The highest BCUT2D eigenvalue weighted by Crippen LogP contribution is 2.25. The van der Waals surface area contributed by atoms with Crippen LogP contribution in [0.4, 0.5) is 0 Å². The van der Waals surface area contributed by atoms with Crippen LogP contribution in [0.2, 0.25) is 0 Å². The van der Waals surface area contributed by atoms with Crippen LogP contribution in [0.15, 0.2) is 58.5 Å². The van der Waals surface area contributed by atoms with Crippen LogP contribution in [-0.2, 0) is 6.54 Å². The summed E-state index contributed by atoms with van der Waals surface area (Å²) in [6.07, 6.45) is 3.60. The number of carbonyl (C=O) groups is 1. The maximum Gasteiger partial charge on any atom is 0.251 e. The molecule has 0 radical (unpaired) electrons. The van der Waals surface area contributed by atoms with E-state index in [1.54, 1.807) is 17.6 Å². The fourth-order valence-corrected chi connectivity index (χ4v) is 3.99. The first-order chi connectivity index (χ1) is 12.8. The Balaban J connectivity index is 1.27. The number of nitrogens with one attached hydrogen (secondary N) is 1. The number of thiazole rings is 1. The van der Waals surface area contributed by atoms with Crippen molar-refractivity contribution in [2.75, 3.05) is 13.1 Å². The molecule has 2 aromatic heterocycles. The molecule has 1 aromatic carbocycles. The molecule has 1 aliphatic heterocycles. The summed E-state index contributed by atoms with van der Waals surface area (Å²) in [5.41, 5.74) is 1.80. The normalized spacial score (nSPS) is 15.8. The second-order valence-corrected chi connectivity index (χ2v) is 7.37. The Morgan fingerprint density at radius 2 is 2.00 bits per heavy atom. The predicted octanol–water partition coefficient (Wildman–Crippen LogP) is 3.80. The molecule has 1 N–H and O–H groups in total. The Morgan fingerprint density at radius 1 is 1.19 bits per heavy atom. The molecule has 0 unspecified atom stereocenters. The average molecular weight is 367 g/mol. The highest BCUT2D eigenvalue weighted by molar-refractivity contribution is 7.13. The SMILES string of the molecule is O=C(NC1CCN(Cc2csc(-c3ccco3)n2)CC1)c1ccccc1. The molecular weight excluding hydrogens is 346 g/mol. The minimum atomic E-state index is 0.0200. The van der Waals surface area contributed by atoms with Gasteiger partial charge in [-0.15, -0.1) is 11.3 Å². The number of furan rings is 1. The van der Waals surface area contributed by atoms with Crippen LogP contribution in [0.1, 0.15) is 28.9 Å². The number of benzene rings is 1. The molecule has 26 heavy (non-hydrogen) atoms. The Bertz CT molecular complexity index is 837. The Kier molecular flexibility index (Phi) is 5.13. The maximum absolute atomic E-state index is 12.3. The molecule has 0 spiro atoms. The number of piperidine rings is 1. The Hall–Kier alpha value is -2.44. The second-order valence-electron chi connectivity index (χ2n) is 6.51. The molecular formula is C20H21N3O2S. The molecule has 5 nitrogen and oxygen atoms in total. The van der Waals surface area contributed by atoms with Gasteiger partial charge in [-0.1, -0.05) is 18.2 Å². The first kappa shape index (κ1) is 17.0. The van der Waals surface area contributed by atoms with E-state index in [2.05, 4.69) is 20.6 Å². The number of amides is 1. The van der Waals surface area contributed by atoms with Crippen LogP contribution >= 0.6 is 11.3 Å². The lowest BCUT2D eigenvalue weighted by Crippen LogP contribution is -2.44. The first-order valence-electron chi connectivity index (χ1n) is 8.84. The smallest absolute Gasteiger partial charge is 0.251 e. The third kappa shape index (κ3) is 4.03. The van der Waals surface area contributed by atoms with Crippen LogP contribution in [-0.4, -0.2) is 34.9 Å². The number of nitrogens with zero attached hydrogens (tertiary/aromatic N) is 2. The highest BCUT2D eigenvalue weighted by atomic mass is 32.1. The molecule has 0 saturated carbocycles. The van der Waals surface area contributed by atoms with Gasteiger partial charge in [-0.3, -0.25) is 9.69 Å². The third-order valence-electron chi connectivity index (χ3n) is 4.63. The predicted molar refractivity (Wildman–Crippen MR) is 102 cm³/mol. The molecule has 1 amide bonds. The topological polar surface area (TPSA) is 58.4 Å². The summed E-state index contributed by atoms with van der Waals surface area (Å²) in [7, 11) is 0. The number of hydrogen-bond acceptors (Lipinski definition) is 5. The molecule has 0 atom stereocenters. The first-order valence-corrected chi connectivity index (χ1v) is 9.72. The molecule has 3 heterocycles. The lowest BCUT2D eigenvalue weighted by atomic mass is 10.0. The summed E-state index contributed by atoms with van der Waals surface area (Å²) in [5, 5.41) is 6.17. The van der Waals surface area contributed by atoms with Gasteiger partial charge in [0.25, 0.3) is 5.91 Å². The molecule has 3 aromatic rings. The fourth-order valence-electron chi connectivity index (χ4n) is 3.22. The van der Waals surface area contributed by atoms with E-state index in [1.165, 1.54) is 0 Å². The molecule has 1 aliphatic rings. The van der Waals surface area contributed by atoms with E-state index < -0.39 is 0 Å². The van der Waals surface area contributed by atoms with Gasteiger partial charge in [-0.05, 0) is 37.1 Å². The van der Waals surface area contributed by atoms with Crippen molar-refractivity contribution in [1.29, 1.82) is 0 Å². The van der Waals surface area contributed by atoms with Crippen molar-refractivity contribution in [3.8, 4) is 10.8 Å². The molecule has 0 aliphatic carbocycles. The van der Waals surface area contributed by atoms with Gasteiger partial charge in [0, 0.05) is 36.6 Å². The fraction of sp³-hybridized carbons (Fsp3) is 0.300. The quantitative estimate of drug-likeness (QED) is 0.745. The van der Waals surface area contributed by atoms with Crippen molar-refractivity contribution in [3.05, 3.63) is 65.4 Å². The minimum absolute atomic E-state index is 0.0200. The molecule has 4 rings (SSSR count). The van der Waals surface area contributed by atoms with Gasteiger partial charge in [-0.2, -0.15) is 0 Å². The number of likely N-dealkylation sites (tertiary alicyclic amines) is 1. The number of rotatable bonds is 5. The van der Waals surface area contributed by atoms with Crippen molar-refractivity contribution in [3.63, 3.8) is 0 Å². The van der Waals surface area contributed by atoms with E-state index in [-0.39, 0.29) is 11.9 Å². The summed E-state index contributed by atoms with van der Waals surface area (Å²) < 4.78 is 5.40. The van der Waals surface area contributed by atoms with Gasteiger partial charge in [-0.25, -0.2) is 4.98 Å². The minimum Gasteiger partial charge on any atom is -0.462 e. The van der Waals surface area contributed by atoms with E-state index in [0.29, 0.717) is 0 Å². The number of aromatic nitrogens is 1. The van der Waals surface area contributed by atoms with Crippen LogP contribution < -0.4 is 5.32 Å². The van der Waals surface area contributed by atoms with E-state index in [4.69, 9.17) is 4.42 Å². The van der Waals surface area contributed by atoms with Crippen molar-refractivity contribution in [1.82, 2.24) is 15.2 Å². The number of hydrogen-bond donors (Lipinski definition) is 1. The molecule has 1 fully saturated rings. The van der Waals surface area contributed by atoms with Crippen molar-refractivity contribution in [2.45, 2.75) is 25.4 Å². The Labute approximate surface area is 156 Å². The van der Waals surface area contributed by atoms with Gasteiger partial charge >= 0.3 is 0 Å². The van der Waals surface area contributed by atoms with Crippen molar-refractivity contribution in [2.24, 2.45) is 0 Å². The standard InChI is InChI=1S/C20H21N3O2S/c24-19(15-5-2-1-3-6-15)21-16-8-10-23(11-9-16)13-17-14-26-20(22-17)18-7-4-12-25-18/h1-7,12,14,16H,8-11,13H2,(H,21,24). The van der Waals surface area contributed by atoms with Gasteiger partial charge in [0.15, 0.2) is 10.8 Å². The zero-order chi connectivity index (χ0) is 17.8. The van der Waals surface area contributed by atoms with Crippen LogP contribution in [0.3, 0.4) is 0 Å². The van der Waals surface area contributed by atoms with Crippen molar-refractivity contribution < 1.29 is 9.21 Å². The Morgan fingerprint density at radius 3 is 2.73 bits per heavy atom. The lowest BCUT2D eigenvalue weighted by molar-refractivity contribution is 0.0908. The summed E-state index contributed by atoms with van der Waals surface area (Å²) in [6, 6.07) is 13.5. The van der Waals surface area contributed by atoms with E-state index in [0.717, 1.165) is 54.5 Å². The largest absolute Gasteiger partial charge is 0.462 e. The summed E-state index contributed by atoms with van der Waals surface area (Å²) in [6.45, 7) is 2.78. The zero-order valence-electron chi connectivity index (χ0n) is 14.4. The van der Waals surface area contributed by atoms with Crippen LogP contribution in [0.25, 0.3) is 10.8 Å². The summed E-state index contributed by atoms with van der Waals surface area (Å²) in [5.74, 6) is 0.843. The summed E-state index contributed by atoms with van der Waals surface area (Å²) in [4.78, 5) is 19.3. The van der Waals surface area contributed by atoms with Gasteiger partial charge in [0.05, 0.1) is 12.0 Å². The zero-order valence-corrected chi connectivity index (χ0v) is 15.2. The van der Waals surface area contributed by atoms with Gasteiger partial charge in [0.1, 0.15) is 0 Å². The van der Waals surface area contributed by atoms with E-state index in [9.17, 15) is 4.79 Å².